The van der Waals surface area contributed by atoms with Gasteiger partial charge in [0.1, 0.15) is 0 Å². The molecule has 1 heterocycles. The summed E-state index contributed by atoms with van der Waals surface area (Å²) in [6, 6.07) is 17.8. The van der Waals surface area contributed by atoms with E-state index in [1.165, 1.54) is 0 Å². The molecule has 1 aliphatic carbocycles. The summed E-state index contributed by atoms with van der Waals surface area (Å²) in [5.74, 6) is 0.116. The summed E-state index contributed by atoms with van der Waals surface area (Å²) in [4.78, 5) is 28.3. The molecule has 6 heteroatoms. The molecular formula is C25H27ClN2O2S. The maximum atomic E-state index is 12.9. The number of halogens is 1. The smallest absolute Gasteiger partial charge is 0.260 e. The van der Waals surface area contributed by atoms with Gasteiger partial charge in [0, 0.05) is 35.8 Å². The van der Waals surface area contributed by atoms with E-state index in [2.05, 4.69) is 5.32 Å². The Morgan fingerprint density at radius 2 is 1.90 bits per heavy atom. The third kappa shape index (κ3) is 5.34. The average molecular weight is 455 g/mol. The molecule has 1 saturated heterocycles. The Bertz CT molecular complexity index is 961. The van der Waals surface area contributed by atoms with E-state index in [0.717, 1.165) is 46.7 Å². The lowest BCUT2D eigenvalue weighted by atomic mass is 9.83. The summed E-state index contributed by atoms with van der Waals surface area (Å²) >= 11 is 7.60. The minimum Gasteiger partial charge on any atom is -0.356 e. The van der Waals surface area contributed by atoms with E-state index in [0.29, 0.717) is 11.8 Å². The largest absolute Gasteiger partial charge is 0.356 e. The molecule has 1 aliphatic heterocycles. The number of amides is 2. The number of hydrogen-bond acceptors (Lipinski definition) is 3. The van der Waals surface area contributed by atoms with E-state index in [4.69, 9.17) is 11.6 Å². The van der Waals surface area contributed by atoms with Gasteiger partial charge in [0.25, 0.3) is 5.91 Å². The van der Waals surface area contributed by atoms with Crippen LogP contribution in [0.4, 0.5) is 0 Å². The third-order valence-electron chi connectivity index (χ3n) is 6.16. The van der Waals surface area contributed by atoms with Gasteiger partial charge >= 0.3 is 0 Å². The van der Waals surface area contributed by atoms with Crippen molar-refractivity contribution in [2.24, 2.45) is 5.92 Å². The van der Waals surface area contributed by atoms with Crippen molar-refractivity contribution in [2.45, 2.75) is 37.0 Å². The van der Waals surface area contributed by atoms with Crippen molar-refractivity contribution in [3.8, 4) is 0 Å². The Morgan fingerprint density at radius 3 is 2.65 bits per heavy atom. The molecule has 0 aromatic heterocycles. The monoisotopic (exact) mass is 454 g/mol. The number of fused-ring (bicyclic) bond motifs is 1. The Balaban J connectivity index is 1.33. The molecule has 2 aromatic rings. The van der Waals surface area contributed by atoms with E-state index in [1.807, 2.05) is 72.6 Å². The predicted molar refractivity (Wildman–Crippen MR) is 128 cm³/mol. The van der Waals surface area contributed by atoms with Crippen LogP contribution < -0.4 is 5.32 Å². The molecule has 0 radical (unpaired) electrons. The lowest BCUT2D eigenvalue weighted by molar-refractivity contribution is -0.131. The van der Waals surface area contributed by atoms with Crippen LogP contribution >= 0.6 is 23.4 Å². The van der Waals surface area contributed by atoms with E-state index in [1.54, 1.807) is 11.8 Å². The van der Waals surface area contributed by atoms with Gasteiger partial charge in [-0.15, -0.1) is 11.8 Å². The Labute approximate surface area is 193 Å². The Hall–Kier alpha value is -2.24. The highest BCUT2D eigenvalue weighted by Crippen LogP contribution is 2.43. The van der Waals surface area contributed by atoms with Crippen molar-refractivity contribution < 1.29 is 9.59 Å². The first-order valence-electron chi connectivity index (χ1n) is 10.7. The fourth-order valence-corrected chi connectivity index (χ4v) is 5.97. The van der Waals surface area contributed by atoms with Crippen LogP contribution in [-0.2, 0) is 16.0 Å². The van der Waals surface area contributed by atoms with E-state index in [-0.39, 0.29) is 23.8 Å². The fraction of sp³-hybridized carbons (Fsp3) is 0.360. The molecule has 2 aliphatic rings. The highest BCUT2D eigenvalue weighted by molar-refractivity contribution is 8.04. The van der Waals surface area contributed by atoms with Gasteiger partial charge in [-0.05, 0) is 55.0 Å². The van der Waals surface area contributed by atoms with Crippen molar-refractivity contribution in [2.75, 3.05) is 13.6 Å². The second-order valence-electron chi connectivity index (χ2n) is 8.24. The first kappa shape index (κ1) is 22.0. The summed E-state index contributed by atoms with van der Waals surface area (Å²) in [5, 5.41) is 4.15. The zero-order chi connectivity index (χ0) is 21.8. The summed E-state index contributed by atoms with van der Waals surface area (Å²) < 4.78 is 0. The zero-order valence-electron chi connectivity index (χ0n) is 17.6. The van der Waals surface area contributed by atoms with Crippen LogP contribution in [0, 0.1) is 5.92 Å². The van der Waals surface area contributed by atoms with Gasteiger partial charge in [-0.3, -0.25) is 9.59 Å². The van der Waals surface area contributed by atoms with Gasteiger partial charge < -0.3 is 10.2 Å². The minimum atomic E-state index is -0.0398. The van der Waals surface area contributed by atoms with E-state index in [9.17, 15) is 9.59 Å². The first-order chi connectivity index (χ1) is 15.0. The minimum absolute atomic E-state index is 0.0398. The highest BCUT2D eigenvalue weighted by Gasteiger charge is 2.42. The Kier molecular flexibility index (Phi) is 7.03. The lowest BCUT2D eigenvalue weighted by Crippen LogP contribution is -2.52. The van der Waals surface area contributed by atoms with E-state index < -0.39 is 0 Å². The van der Waals surface area contributed by atoms with Crippen molar-refractivity contribution in [1.29, 1.82) is 0 Å². The van der Waals surface area contributed by atoms with Crippen LogP contribution in [0.5, 0.6) is 0 Å². The Morgan fingerprint density at radius 1 is 1.16 bits per heavy atom. The molecule has 3 atom stereocenters. The third-order valence-corrected chi connectivity index (χ3v) is 7.81. The van der Waals surface area contributed by atoms with Crippen LogP contribution in [0.2, 0.25) is 5.02 Å². The lowest BCUT2D eigenvalue weighted by Gasteiger charge is -2.44. The molecule has 2 aromatic carbocycles. The number of rotatable bonds is 5. The average Bonchev–Trinajstić information content (AvgIpc) is 2.79. The van der Waals surface area contributed by atoms with Crippen LogP contribution in [0.3, 0.4) is 0 Å². The van der Waals surface area contributed by atoms with Crippen LogP contribution in [0.1, 0.15) is 30.4 Å². The molecule has 4 nitrogen and oxygen atoms in total. The van der Waals surface area contributed by atoms with Gasteiger partial charge in [0.05, 0.1) is 4.91 Å². The van der Waals surface area contributed by atoms with Gasteiger partial charge in [0.2, 0.25) is 5.91 Å². The molecule has 3 unspecified atom stereocenters. The van der Waals surface area contributed by atoms with Gasteiger partial charge in [-0.25, -0.2) is 0 Å². The number of hydrogen-bond donors (Lipinski definition) is 1. The van der Waals surface area contributed by atoms with Gasteiger partial charge in [-0.1, -0.05) is 54.1 Å². The molecule has 162 valence electrons. The molecule has 0 bridgehead atoms. The number of likely N-dealkylation sites (N-methyl/N-ethyl adjacent to an activating group) is 1. The second-order valence-corrected chi connectivity index (χ2v) is 9.95. The number of benzene rings is 2. The van der Waals surface area contributed by atoms with Crippen molar-refractivity contribution in [3.05, 3.63) is 75.7 Å². The standard InChI is InChI=1S/C25H27ClN2O2S/c1-28-21-16-19(24(29)27-14-13-17-7-10-20(26)11-8-17)9-12-22(21)31-23(25(28)30)15-18-5-3-2-4-6-18/h2-8,10-11,15,19,21-22H,9,12-14,16H2,1H3,(H,27,29)/b23-15+. The summed E-state index contributed by atoms with van der Waals surface area (Å²) in [5.41, 5.74) is 2.19. The second kappa shape index (κ2) is 9.92. The molecule has 0 spiro atoms. The molecule has 4 rings (SSSR count). The number of carbonyl (C=O) groups excluding carboxylic acids is 2. The maximum Gasteiger partial charge on any atom is 0.260 e. The summed E-state index contributed by atoms with van der Waals surface area (Å²) in [7, 11) is 1.87. The number of nitrogens with zero attached hydrogens (tertiary/aromatic N) is 1. The first-order valence-corrected chi connectivity index (χ1v) is 12.0. The topological polar surface area (TPSA) is 49.4 Å². The number of nitrogens with one attached hydrogen (secondary N) is 1. The van der Waals surface area contributed by atoms with Crippen molar-refractivity contribution in [1.82, 2.24) is 10.2 Å². The summed E-state index contributed by atoms with van der Waals surface area (Å²) in [6.45, 7) is 0.610. The molecule has 1 N–H and O–H groups in total. The van der Waals surface area contributed by atoms with E-state index >= 15 is 0 Å². The molecule has 2 amide bonds. The number of carbonyl (C=O) groups is 2. The quantitative estimate of drug-likeness (QED) is 0.661. The van der Waals surface area contributed by atoms with Gasteiger partial charge in [0.15, 0.2) is 0 Å². The SMILES string of the molecule is CN1C(=O)/C(=C\c2ccccc2)SC2CCC(C(=O)NCCc3ccc(Cl)cc3)CC21. The van der Waals surface area contributed by atoms with Crippen molar-refractivity contribution in [3.63, 3.8) is 0 Å². The van der Waals surface area contributed by atoms with Crippen LogP contribution in [0.25, 0.3) is 6.08 Å². The molecular weight excluding hydrogens is 428 g/mol. The predicted octanol–water partition coefficient (Wildman–Crippen LogP) is 4.78. The fourth-order valence-electron chi connectivity index (χ4n) is 4.36. The van der Waals surface area contributed by atoms with Gasteiger partial charge in [-0.2, -0.15) is 0 Å². The molecule has 2 fully saturated rings. The van der Waals surface area contributed by atoms with Crippen LogP contribution in [-0.4, -0.2) is 41.6 Å². The summed E-state index contributed by atoms with van der Waals surface area (Å²) in [6.07, 6.45) is 5.29. The number of thioether (sulfide) groups is 1. The maximum absolute atomic E-state index is 12.9. The molecule has 1 saturated carbocycles. The van der Waals surface area contributed by atoms with Crippen LogP contribution in [0.15, 0.2) is 59.5 Å². The zero-order valence-corrected chi connectivity index (χ0v) is 19.2. The highest BCUT2D eigenvalue weighted by atomic mass is 35.5. The normalized spacial score (nSPS) is 24.7. The molecule has 31 heavy (non-hydrogen) atoms. The van der Waals surface area contributed by atoms with Crippen molar-refractivity contribution >= 4 is 41.3 Å².